The zero-order valence-electron chi connectivity index (χ0n) is 19.3. The van der Waals surface area contributed by atoms with E-state index in [0.29, 0.717) is 24.7 Å². The van der Waals surface area contributed by atoms with Crippen molar-refractivity contribution >= 4 is 11.9 Å². The molecule has 6 unspecified atom stereocenters. The van der Waals surface area contributed by atoms with E-state index in [-0.39, 0.29) is 26.1 Å². The third kappa shape index (κ3) is 8.13. The minimum atomic E-state index is -1.03. The highest BCUT2D eigenvalue weighted by Gasteiger charge is 2.48. The van der Waals surface area contributed by atoms with Crippen molar-refractivity contribution in [1.29, 1.82) is 0 Å². The topological polar surface area (TPSA) is 117 Å². The van der Waals surface area contributed by atoms with E-state index < -0.39 is 48.4 Å². The Kier molecular flexibility index (Phi) is 11.3. The minimum absolute atomic E-state index is 0.00503. The van der Waals surface area contributed by atoms with Gasteiger partial charge in [0, 0.05) is 6.04 Å². The summed E-state index contributed by atoms with van der Waals surface area (Å²) < 4.78 is 10.8. The van der Waals surface area contributed by atoms with Crippen molar-refractivity contribution in [1.82, 2.24) is 4.90 Å². The van der Waals surface area contributed by atoms with Crippen LogP contribution in [-0.4, -0.2) is 70.0 Å². The van der Waals surface area contributed by atoms with E-state index in [4.69, 9.17) is 9.47 Å². The lowest BCUT2D eigenvalue weighted by atomic mass is 9.74. The van der Waals surface area contributed by atoms with Gasteiger partial charge in [0.2, 0.25) is 0 Å². The molecule has 1 aliphatic rings. The second-order valence-corrected chi connectivity index (χ2v) is 9.23. The molecule has 0 aliphatic heterocycles. The van der Waals surface area contributed by atoms with Crippen LogP contribution in [0, 0.1) is 23.7 Å². The molecule has 30 heavy (non-hydrogen) atoms. The lowest BCUT2D eigenvalue weighted by Gasteiger charge is -2.44. The SMILES string of the molecule is CC(C)CCOC(=O)C1CC(O)C(N(C(C)O)C(C)O)CC1C(=O)OCCC(C)C. The largest absolute Gasteiger partial charge is 0.465 e. The molecule has 1 fully saturated rings. The normalized spacial score (nSPS) is 26.7. The molecule has 0 radical (unpaired) electrons. The first kappa shape index (κ1) is 26.8. The van der Waals surface area contributed by atoms with Gasteiger partial charge in [-0.3, -0.25) is 9.59 Å². The molecule has 3 N–H and O–H groups in total. The minimum Gasteiger partial charge on any atom is -0.465 e. The van der Waals surface area contributed by atoms with Crippen LogP contribution in [0.4, 0.5) is 0 Å². The number of carbonyl (C=O) groups is 2. The predicted molar refractivity (Wildman–Crippen MR) is 112 cm³/mol. The van der Waals surface area contributed by atoms with Crippen LogP contribution < -0.4 is 0 Å². The van der Waals surface area contributed by atoms with E-state index in [1.807, 2.05) is 27.7 Å². The number of hydrogen-bond donors (Lipinski definition) is 3. The van der Waals surface area contributed by atoms with Crippen LogP contribution in [0.2, 0.25) is 0 Å². The summed E-state index contributed by atoms with van der Waals surface area (Å²) in [5.74, 6) is -1.90. The first-order valence-corrected chi connectivity index (χ1v) is 11.1. The summed E-state index contributed by atoms with van der Waals surface area (Å²) in [6.07, 6.45) is -1.55. The van der Waals surface area contributed by atoms with Gasteiger partial charge in [-0.25, -0.2) is 4.90 Å². The number of rotatable bonds is 11. The third-order valence-corrected chi connectivity index (χ3v) is 5.65. The molecule has 0 aromatic carbocycles. The summed E-state index contributed by atoms with van der Waals surface area (Å²) in [7, 11) is 0. The van der Waals surface area contributed by atoms with E-state index in [2.05, 4.69) is 0 Å². The number of hydrogen-bond acceptors (Lipinski definition) is 8. The molecule has 1 rings (SSSR count). The molecular formula is C22H41NO7. The molecule has 0 spiro atoms. The molecule has 0 heterocycles. The maximum Gasteiger partial charge on any atom is 0.309 e. The maximum atomic E-state index is 12.8. The fraction of sp³-hybridized carbons (Fsp3) is 0.909. The molecule has 0 aromatic rings. The van der Waals surface area contributed by atoms with Gasteiger partial charge >= 0.3 is 11.9 Å². The van der Waals surface area contributed by atoms with Crippen LogP contribution in [0.1, 0.15) is 67.2 Å². The number of nitrogens with zero attached hydrogens (tertiary/aromatic N) is 1. The van der Waals surface area contributed by atoms with Gasteiger partial charge in [-0.1, -0.05) is 27.7 Å². The zero-order chi connectivity index (χ0) is 23.0. The van der Waals surface area contributed by atoms with E-state index in [0.717, 1.165) is 0 Å². The Balaban J connectivity index is 2.99. The van der Waals surface area contributed by atoms with Gasteiger partial charge < -0.3 is 24.8 Å². The highest BCUT2D eigenvalue weighted by molar-refractivity contribution is 5.82. The summed E-state index contributed by atoms with van der Waals surface area (Å²) in [5, 5.41) is 30.8. The van der Waals surface area contributed by atoms with Crippen LogP contribution in [0.5, 0.6) is 0 Å². The molecule has 176 valence electrons. The van der Waals surface area contributed by atoms with Crippen LogP contribution >= 0.6 is 0 Å². The molecule has 8 heteroatoms. The Bertz CT molecular complexity index is 528. The van der Waals surface area contributed by atoms with Crippen LogP contribution in [0.3, 0.4) is 0 Å². The van der Waals surface area contributed by atoms with Crippen molar-refractivity contribution in [3.8, 4) is 0 Å². The van der Waals surface area contributed by atoms with Crippen LogP contribution in [-0.2, 0) is 19.1 Å². The summed E-state index contributed by atoms with van der Waals surface area (Å²) in [5.41, 5.74) is 0. The number of aliphatic hydroxyl groups is 3. The summed E-state index contributed by atoms with van der Waals surface area (Å²) >= 11 is 0. The van der Waals surface area contributed by atoms with Crippen LogP contribution in [0.15, 0.2) is 0 Å². The molecule has 6 atom stereocenters. The van der Waals surface area contributed by atoms with Crippen molar-refractivity contribution in [3.63, 3.8) is 0 Å². The maximum absolute atomic E-state index is 12.8. The van der Waals surface area contributed by atoms with Gasteiger partial charge in [-0.15, -0.1) is 0 Å². The first-order chi connectivity index (χ1) is 14.0. The molecule has 8 nitrogen and oxygen atoms in total. The number of aliphatic hydroxyl groups excluding tert-OH is 3. The Morgan fingerprint density at radius 2 is 1.23 bits per heavy atom. The average molecular weight is 432 g/mol. The fourth-order valence-corrected chi connectivity index (χ4v) is 3.88. The summed E-state index contributed by atoms with van der Waals surface area (Å²) in [4.78, 5) is 26.9. The summed E-state index contributed by atoms with van der Waals surface area (Å²) in [6.45, 7) is 11.6. The standard InChI is InChI=1S/C22H41NO7/c1-13(2)7-9-29-21(27)17-11-19(23(15(5)24)16(6)25)20(26)12-18(17)22(28)30-10-8-14(3)4/h13-20,24-26H,7-12H2,1-6H3. The highest BCUT2D eigenvalue weighted by atomic mass is 16.5. The van der Waals surface area contributed by atoms with Crippen molar-refractivity contribution < 1.29 is 34.4 Å². The Labute approximate surface area is 180 Å². The van der Waals surface area contributed by atoms with Gasteiger partial charge in [-0.2, -0.15) is 0 Å². The molecular weight excluding hydrogens is 390 g/mol. The quantitative estimate of drug-likeness (QED) is 0.335. The van der Waals surface area contributed by atoms with E-state index in [9.17, 15) is 24.9 Å². The van der Waals surface area contributed by atoms with Gasteiger partial charge in [0.25, 0.3) is 0 Å². The third-order valence-electron chi connectivity index (χ3n) is 5.65. The Morgan fingerprint density at radius 3 is 1.60 bits per heavy atom. The zero-order valence-corrected chi connectivity index (χ0v) is 19.3. The number of esters is 2. The van der Waals surface area contributed by atoms with E-state index in [1.54, 1.807) is 0 Å². The summed E-state index contributed by atoms with van der Waals surface area (Å²) in [6, 6.07) is -0.688. The van der Waals surface area contributed by atoms with Crippen molar-refractivity contribution in [2.75, 3.05) is 13.2 Å². The average Bonchev–Trinajstić information content (AvgIpc) is 2.61. The van der Waals surface area contributed by atoms with Gasteiger partial charge in [-0.05, 0) is 51.4 Å². The fourth-order valence-electron chi connectivity index (χ4n) is 3.88. The van der Waals surface area contributed by atoms with E-state index >= 15 is 0 Å². The van der Waals surface area contributed by atoms with Crippen LogP contribution in [0.25, 0.3) is 0 Å². The Morgan fingerprint density at radius 1 is 0.833 bits per heavy atom. The van der Waals surface area contributed by atoms with Gasteiger partial charge in [0.1, 0.15) is 12.5 Å². The lowest BCUT2D eigenvalue weighted by Crippen LogP contribution is -2.57. The lowest BCUT2D eigenvalue weighted by molar-refractivity contribution is -0.179. The number of ether oxygens (including phenoxy) is 2. The van der Waals surface area contributed by atoms with Gasteiger partial charge in [0.05, 0.1) is 31.2 Å². The van der Waals surface area contributed by atoms with Gasteiger partial charge in [0.15, 0.2) is 0 Å². The van der Waals surface area contributed by atoms with E-state index in [1.165, 1.54) is 18.7 Å². The first-order valence-electron chi connectivity index (χ1n) is 11.1. The van der Waals surface area contributed by atoms with Crippen molar-refractivity contribution in [2.45, 2.75) is 91.8 Å². The molecule has 0 saturated heterocycles. The monoisotopic (exact) mass is 431 g/mol. The molecule has 0 bridgehead atoms. The predicted octanol–water partition coefficient (Wildman–Crippen LogP) is 1.90. The van der Waals surface area contributed by atoms with Crippen molar-refractivity contribution in [3.05, 3.63) is 0 Å². The second-order valence-electron chi connectivity index (χ2n) is 9.23. The smallest absolute Gasteiger partial charge is 0.309 e. The molecule has 0 amide bonds. The highest BCUT2D eigenvalue weighted by Crippen LogP contribution is 2.36. The molecule has 1 aliphatic carbocycles. The van der Waals surface area contributed by atoms with Crippen molar-refractivity contribution in [2.24, 2.45) is 23.7 Å². The second kappa shape index (κ2) is 12.6. The number of carbonyl (C=O) groups excluding carboxylic acids is 2. The molecule has 1 saturated carbocycles. The molecule has 0 aromatic heterocycles. The Hall–Kier alpha value is -1.22.